The van der Waals surface area contributed by atoms with E-state index in [1.807, 2.05) is 54.6 Å². The maximum Gasteiger partial charge on any atom is 0.141 e. The second-order valence-electron chi connectivity index (χ2n) is 5.60. The molecule has 0 aromatic heterocycles. The summed E-state index contributed by atoms with van der Waals surface area (Å²) < 4.78 is 24.7. The number of para-hydroxylation sites is 2. The summed E-state index contributed by atoms with van der Waals surface area (Å²) in [5.74, 6) is 1.17. The average Bonchev–Trinajstić information content (AvgIpc) is 2.68. The first-order valence-corrected chi connectivity index (χ1v) is 8.67. The van der Waals surface area contributed by atoms with Gasteiger partial charge in [0.2, 0.25) is 0 Å². The van der Waals surface area contributed by atoms with E-state index in [0.29, 0.717) is 19.8 Å². The summed E-state index contributed by atoms with van der Waals surface area (Å²) in [6.45, 7) is 1.44. The Morgan fingerprint density at radius 2 is 1.58 bits per heavy atom. The van der Waals surface area contributed by atoms with Crippen LogP contribution in [-0.2, 0) is 6.54 Å². The van der Waals surface area contributed by atoms with Crippen molar-refractivity contribution in [3.05, 3.63) is 89.2 Å². The summed E-state index contributed by atoms with van der Waals surface area (Å²) in [6, 6.07) is 21.9. The lowest BCUT2D eigenvalue weighted by Crippen LogP contribution is -2.11. The molecule has 3 aromatic rings. The molecule has 0 bridgehead atoms. The first kappa shape index (κ1) is 18.1. The maximum atomic E-state index is 13.2. The summed E-state index contributed by atoms with van der Waals surface area (Å²) in [5, 5.41) is 3.32. The van der Waals surface area contributed by atoms with Crippen molar-refractivity contribution in [2.75, 3.05) is 18.5 Å². The quantitative estimate of drug-likeness (QED) is 0.527. The van der Waals surface area contributed by atoms with Gasteiger partial charge >= 0.3 is 0 Å². The van der Waals surface area contributed by atoms with E-state index in [4.69, 9.17) is 21.1 Å². The second kappa shape index (κ2) is 9.11. The Morgan fingerprint density at radius 3 is 2.38 bits per heavy atom. The molecule has 0 unspecified atom stereocenters. The first-order valence-electron chi connectivity index (χ1n) is 8.30. The molecule has 0 aliphatic heterocycles. The molecule has 5 heteroatoms. The molecule has 0 aliphatic carbocycles. The molecule has 0 aliphatic rings. The molecule has 0 amide bonds. The Labute approximate surface area is 157 Å². The predicted octanol–water partition coefficient (Wildman–Crippen LogP) is 5.55. The Hall–Kier alpha value is -2.72. The third kappa shape index (κ3) is 5.14. The number of anilines is 1. The van der Waals surface area contributed by atoms with E-state index in [-0.39, 0.29) is 5.02 Å². The number of ether oxygens (including phenoxy) is 2. The highest BCUT2D eigenvalue weighted by atomic mass is 35.5. The molecule has 0 spiro atoms. The van der Waals surface area contributed by atoms with Gasteiger partial charge in [-0.1, -0.05) is 48.0 Å². The zero-order valence-electron chi connectivity index (χ0n) is 14.1. The Kier molecular flexibility index (Phi) is 6.34. The van der Waals surface area contributed by atoms with Crippen molar-refractivity contribution in [1.29, 1.82) is 0 Å². The SMILES string of the molecule is Fc1ccc(NCc2ccccc2OCCOc2ccccc2)cc1Cl. The minimum atomic E-state index is -0.431. The van der Waals surface area contributed by atoms with Gasteiger partial charge in [-0.2, -0.15) is 0 Å². The molecule has 0 heterocycles. The molecule has 26 heavy (non-hydrogen) atoms. The lowest BCUT2D eigenvalue weighted by atomic mass is 10.2. The third-order valence-corrected chi connectivity index (χ3v) is 4.02. The molecule has 0 atom stereocenters. The molecule has 3 nitrogen and oxygen atoms in total. The molecular formula is C21H19ClFNO2. The topological polar surface area (TPSA) is 30.5 Å². The van der Waals surface area contributed by atoms with Gasteiger partial charge in [0.1, 0.15) is 30.5 Å². The van der Waals surface area contributed by atoms with Crippen LogP contribution in [0.25, 0.3) is 0 Å². The van der Waals surface area contributed by atoms with Crippen molar-refractivity contribution >= 4 is 17.3 Å². The fourth-order valence-corrected chi connectivity index (χ4v) is 2.60. The fraction of sp³-hybridized carbons (Fsp3) is 0.143. The highest BCUT2D eigenvalue weighted by Gasteiger charge is 2.05. The zero-order valence-corrected chi connectivity index (χ0v) is 14.9. The normalized spacial score (nSPS) is 10.4. The number of nitrogens with one attached hydrogen (secondary N) is 1. The number of hydrogen-bond acceptors (Lipinski definition) is 3. The lowest BCUT2D eigenvalue weighted by molar-refractivity contribution is 0.216. The number of benzene rings is 3. The van der Waals surface area contributed by atoms with E-state index in [2.05, 4.69) is 5.32 Å². The van der Waals surface area contributed by atoms with E-state index in [0.717, 1.165) is 22.7 Å². The van der Waals surface area contributed by atoms with Crippen LogP contribution >= 0.6 is 11.6 Å². The molecule has 0 saturated heterocycles. The summed E-state index contributed by atoms with van der Waals surface area (Å²) in [6.07, 6.45) is 0. The van der Waals surface area contributed by atoms with Gasteiger partial charge in [-0.15, -0.1) is 0 Å². The molecule has 0 fully saturated rings. The van der Waals surface area contributed by atoms with Gasteiger partial charge in [-0.25, -0.2) is 4.39 Å². The third-order valence-electron chi connectivity index (χ3n) is 3.73. The van der Waals surface area contributed by atoms with Crippen LogP contribution < -0.4 is 14.8 Å². The monoisotopic (exact) mass is 371 g/mol. The van der Waals surface area contributed by atoms with Gasteiger partial charge in [0.05, 0.1) is 5.02 Å². The van der Waals surface area contributed by atoms with Crippen LogP contribution in [0, 0.1) is 5.82 Å². The number of rotatable bonds is 8. The van der Waals surface area contributed by atoms with Gasteiger partial charge in [0.15, 0.2) is 0 Å². The highest BCUT2D eigenvalue weighted by molar-refractivity contribution is 6.31. The van der Waals surface area contributed by atoms with Crippen LogP contribution in [0.4, 0.5) is 10.1 Å². The minimum absolute atomic E-state index is 0.0950. The highest BCUT2D eigenvalue weighted by Crippen LogP contribution is 2.22. The Balaban J connectivity index is 1.53. The van der Waals surface area contributed by atoms with Crippen molar-refractivity contribution in [2.45, 2.75) is 6.54 Å². The Bertz CT molecular complexity index is 842. The molecular weight excluding hydrogens is 353 g/mol. The van der Waals surface area contributed by atoms with E-state index < -0.39 is 5.82 Å². The standard InChI is InChI=1S/C21H19ClFNO2/c22-19-14-17(10-11-20(19)23)24-15-16-6-4-5-9-21(16)26-13-12-25-18-7-2-1-3-8-18/h1-11,14,24H,12-13,15H2. The Morgan fingerprint density at radius 1 is 0.846 bits per heavy atom. The van der Waals surface area contributed by atoms with Crippen LogP contribution in [0.3, 0.4) is 0 Å². The van der Waals surface area contributed by atoms with E-state index in [1.54, 1.807) is 12.1 Å². The van der Waals surface area contributed by atoms with Gasteiger partial charge < -0.3 is 14.8 Å². The van der Waals surface area contributed by atoms with Crippen molar-refractivity contribution < 1.29 is 13.9 Å². The van der Waals surface area contributed by atoms with Gasteiger partial charge in [-0.05, 0) is 36.4 Å². The van der Waals surface area contributed by atoms with Crippen molar-refractivity contribution in [3.8, 4) is 11.5 Å². The number of hydrogen-bond donors (Lipinski definition) is 1. The van der Waals surface area contributed by atoms with Gasteiger partial charge in [0.25, 0.3) is 0 Å². The van der Waals surface area contributed by atoms with Crippen LogP contribution in [0.2, 0.25) is 5.02 Å². The molecule has 3 aromatic carbocycles. The van der Waals surface area contributed by atoms with Crippen molar-refractivity contribution in [1.82, 2.24) is 0 Å². The molecule has 134 valence electrons. The minimum Gasteiger partial charge on any atom is -0.490 e. The summed E-state index contributed by atoms with van der Waals surface area (Å²) in [4.78, 5) is 0. The van der Waals surface area contributed by atoms with E-state index in [9.17, 15) is 4.39 Å². The zero-order chi connectivity index (χ0) is 18.2. The summed E-state index contributed by atoms with van der Waals surface area (Å²) >= 11 is 5.81. The van der Waals surface area contributed by atoms with Crippen LogP contribution in [-0.4, -0.2) is 13.2 Å². The fourth-order valence-electron chi connectivity index (χ4n) is 2.42. The predicted molar refractivity (Wildman–Crippen MR) is 103 cm³/mol. The summed E-state index contributed by atoms with van der Waals surface area (Å²) in [7, 11) is 0. The van der Waals surface area contributed by atoms with Crippen LogP contribution in [0.1, 0.15) is 5.56 Å². The average molecular weight is 372 g/mol. The summed E-state index contributed by atoms with van der Waals surface area (Å²) in [5.41, 5.74) is 1.74. The molecule has 3 rings (SSSR count). The van der Waals surface area contributed by atoms with E-state index in [1.165, 1.54) is 6.07 Å². The van der Waals surface area contributed by atoms with Crippen molar-refractivity contribution in [3.63, 3.8) is 0 Å². The molecule has 0 saturated carbocycles. The van der Waals surface area contributed by atoms with E-state index >= 15 is 0 Å². The second-order valence-corrected chi connectivity index (χ2v) is 6.01. The van der Waals surface area contributed by atoms with Crippen molar-refractivity contribution in [2.24, 2.45) is 0 Å². The lowest BCUT2D eigenvalue weighted by Gasteiger charge is -2.13. The first-order chi connectivity index (χ1) is 12.7. The maximum absolute atomic E-state index is 13.2. The number of halogens is 2. The largest absolute Gasteiger partial charge is 0.490 e. The smallest absolute Gasteiger partial charge is 0.141 e. The van der Waals surface area contributed by atoms with Gasteiger partial charge in [0, 0.05) is 17.8 Å². The van der Waals surface area contributed by atoms with Gasteiger partial charge in [-0.3, -0.25) is 0 Å². The molecule has 1 N–H and O–H groups in total. The molecule has 0 radical (unpaired) electrons. The van der Waals surface area contributed by atoms with Crippen LogP contribution in [0.15, 0.2) is 72.8 Å². The van der Waals surface area contributed by atoms with Crippen LogP contribution in [0.5, 0.6) is 11.5 Å².